The second-order valence-corrected chi connectivity index (χ2v) is 5.13. The molecule has 7 heteroatoms. The highest BCUT2D eigenvalue weighted by atomic mass is 19.4. The molecule has 2 aromatic rings. The van der Waals surface area contributed by atoms with Gasteiger partial charge >= 0.3 is 6.18 Å². The summed E-state index contributed by atoms with van der Waals surface area (Å²) in [5.74, 6) is -0.445. The molecule has 130 valence electrons. The molecule has 0 aromatic heterocycles. The predicted molar refractivity (Wildman–Crippen MR) is 85.8 cm³/mol. The molecule has 0 radical (unpaired) electrons. The van der Waals surface area contributed by atoms with Crippen molar-refractivity contribution in [2.24, 2.45) is 0 Å². The zero-order valence-electron chi connectivity index (χ0n) is 13.1. The fourth-order valence-corrected chi connectivity index (χ4v) is 2.25. The second-order valence-electron chi connectivity index (χ2n) is 5.13. The van der Waals surface area contributed by atoms with E-state index in [2.05, 4.69) is 16.1 Å². The molecule has 0 spiro atoms. The van der Waals surface area contributed by atoms with Crippen molar-refractivity contribution in [2.75, 3.05) is 19.8 Å². The van der Waals surface area contributed by atoms with Gasteiger partial charge in [-0.1, -0.05) is 36.4 Å². The number of hydrogen-bond acceptors (Lipinski definition) is 3. The van der Waals surface area contributed by atoms with E-state index < -0.39 is 18.7 Å². The summed E-state index contributed by atoms with van der Waals surface area (Å²) in [7, 11) is 0. The highest BCUT2D eigenvalue weighted by Gasteiger charge is 2.27. The van der Waals surface area contributed by atoms with Gasteiger partial charge in [-0.05, 0) is 17.7 Å². The molecule has 4 nitrogen and oxygen atoms in total. The molecule has 0 fully saturated rings. The van der Waals surface area contributed by atoms with Gasteiger partial charge in [0, 0.05) is 17.7 Å². The number of alkyl halides is 3. The molecule has 0 aliphatic heterocycles. The van der Waals surface area contributed by atoms with Crippen molar-refractivity contribution in [3.05, 3.63) is 59.7 Å². The van der Waals surface area contributed by atoms with Gasteiger partial charge in [-0.2, -0.15) is 18.4 Å². The standard InChI is InChI=1S/C18H15F3N2O2/c19-18(20,21)12-25-10-9-23-17(24)16-8-4-3-7-15(16)14-6-2-1-5-13(14)11-22/h1-8H,9-10,12H2,(H,23,24). The number of nitriles is 1. The Hall–Kier alpha value is -2.85. The lowest BCUT2D eigenvalue weighted by Crippen LogP contribution is -2.29. The average molecular weight is 348 g/mol. The number of ether oxygens (including phenoxy) is 1. The highest BCUT2D eigenvalue weighted by Crippen LogP contribution is 2.26. The highest BCUT2D eigenvalue weighted by molar-refractivity contribution is 6.01. The fourth-order valence-electron chi connectivity index (χ4n) is 2.25. The fraction of sp³-hybridized carbons (Fsp3) is 0.222. The van der Waals surface area contributed by atoms with E-state index in [9.17, 15) is 23.2 Å². The molecule has 0 saturated carbocycles. The van der Waals surface area contributed by atoms with Crippen LogP contribution in [-0.2, 0) is 4.74 Å². The van der Waals surface area contributed by atoms with Crippen molar-refractivity contribution in [3.8, 4) is 17.2 Å². The monoisotopic (exact) mass is 348 g/mol. The Morgan fingerprint density at radius 3 is 2.40 bits per heavy atom. The first kappa shape index (κ1) is 18.5. The Bertz CT molecular complexity index is 782. The zero-order chi connectivity index (χ0) is 18.3. The number of halogens is 3. The summed E-state index contributed by atoms with van der Waals surface area (Å²) in [6.07, 6.45) is -4.39. The van der Waals surface area contributed by atoms with Gasteiger partial charge in [0.15, 0.2) is 0 Å². The largest absolute Gasteiger partial charge is 0.411 e. The van der Waals surface area contributed by atoms with E-state index in [1.165, 1.54) is 0 Å². The minimum atomic E-state index is -4.39. The average Bonchev–Trinajstić information content (AvgIpc) is 2.60. The Labute approximate surface area is 142 Å². The quantitative estimate of drug-likeness (QED) is 0.813. The molecule has 25 heavy (non-hydrogen) atoms. The summed E-state index contributed by atoms with van der Waals surface area (Å²) in [6.45, 7) is -1.65. The van der Waals surface area contributed by atoms with E-state index in [0.717, 1.165) is 0 Å². The van der Waals surface area contributed by atoms with Crippen LogP contribution in [0.15, 0.2) is 48.5 Å². The van der Waals surface area contributed by atoms with Gasteiger partial charge in [0.2, 0.25) is 0 Å². The Morgan fingerprint density at radius 1 is 1.08 bits per heavy atom. The molecule has 0 aliphatic carbocycles. The molecule has 0 heterocycles. The lowest BCUT2D eigenvalue weighted by molar-refractivity contribution is -0.173. The molecule has 0 bridgehead atoms. The summed E-state index contributed by atoms with van der Waals surface area (Å²) in [5.41, 5.74) is 1.95. The van der Waals surface area contributed by atoms with Crippen LogP contribution >= 0.6 is 0 Å². The number of nitrogens with zero attached hydrogens (tertiary/aromatic N) is 1. The molecule has 1 amide bonds. The minimum absolute atomic E-state index is 0.0524. The molecule has 1 N–H and O–H groups in total. The number of nitrogens with one attached hydrogen (secondary N) is 1. The minimum Gasteiger partial charge on any atom is -0.370 e. The maximum atomic E-state index is 12.3. The van der Waals surface area contributed by atoms with Crippen LogP contribution in [-0.4, -0.2) is 31.8 Å². The first-order valence-corrected chi connectivity index (χ1v) is 7.43. The third-order valence-electron chi connectivity index (χ3n) is 3.31. The molecule has 2 rings (SSSR count). The van der Waals surface area contributed by atoms with Gasteiger partial charge in [-0.15, -0.1) is 0 Å². The number of carbonyl (C=O) groups is 1. The molecule has 0 saturated heterocycles. The van der Waals surface area contributed by atoms with Gasteiger partial charge in [0.05, 0.1) is 18.2 Å². The zero-order valence-corrected chi connectivity index (χ0v) is 13.1. The van der Waals surface area contributed by atoms with E-state index >= 15 is 0 Å². The van der Waals surface area contributed by atoms with Crippen molar-refractivity contribution in [1.29, 1.82) is 5.26 Å². The Balaban J connectivity index is 2.08. The van der Waals surface area contributed by atoms with Crippen LogP contribution in [0.1, 0.15) is 15.9 Å². The number of carbonyl (C=O) groups excluding carboxylic acids is 1. The molecule has 0 atom stereocenters. The van der Waals surface area contributed by atoms with Crippen LogP contribution in [0.5, 0.6) is 0 Å². The summed E-state index contributed by atoms with van der Waals surface area (Å²) in [4.78, 5) is 12.3. The van der Waals surface area contributed by atoms with Crippen LogP contribution in [0, 0.1) is 11.3 Å². The van der Waals surface area contributed by atoms with Crippen LogP contribution in [0.2, 0.25) is 0 Å². The van der Waals surface area contributed by atoms with Crippen LogP contribution in [0.3, 0.4) is 0 Å². The summed E-state index contributed by atoms with van der Waals surface area (Å²) in [5, 5.41) is 11.7. The van der Waals surface area contributed by atoms with Gasteiger partial charge in [0.25, 0.3) is 5.91 Å². The first-order chi connectivity index (χ1) is 11.9. The smallest absolute Gasteiger partial charge is 0.370 e. The molecule has 2 aromatic carbocycles. The SMILES string of the molecule is N#Cc1ccccc1-c1ccccc1C(=O)NCCOCC(F)(F)F. The summed E-state index contributed by atoms with van der Waals surface area (Å²) < 4.78 is 40.4. The van der Waals surface area contributed by atoms with E-state index in [4.69, 9.17) is 0 Å². The maximum Gasteiger partial charge on any atom is 0.411 e. The van der Waals surface area contributed by atoms with E-state index in [1.54, 1.807) is 48.5 Å². The second kappa shape index (κ2) is 8.31. The third kappa shape index (κ3) is 5.33. The Kier molecular flexibility index (Phi) is 6.14. The molecule has 0 unspecified atom stereocenters. The lowest BCUT2D eigenvalue weighted by Gasteiger charge is -2.12. The summed E-state index contributed by atoms with van der Waals surface area (Å²) >= 11 is 0. The molecular formula is C18H15F3N2O2. The van der Waals surface area contributed by atoms with Crippen molar-refractivity contribution >= 4 is 5.91 Å². The number of rotatable bonds is 6. The predicted octanol–water partition coefficient (Wildman–Crippen LogP) is 3.53. The number of hydrogen-bond donors (Lipinski definition) is 1. The normalized spacial score (nSPS) is 11.0. The van der Waals surface area contributed by atoms with Crippen molar-refractivity contribution in [1.82, 2.24) is 5.32 Å². The van der Waals surface area contributed by atoms with Crippen molar-refractivity contribution < 1.29 is 22.7 Å². The summed E-state index contributed by atoms with van der Waals surface area (Å²) in [6, 6.07) is 15.7. The molecular weight excluding hydrogens is 333 g/mol. The van der Waals surface area contributed by atoms with E-state index in [1.807, 2.05) is 0 Å². The van der Waals surface area contributed by atoms with E-state index in [-0.39, 0.29) is 13.2 Å². The topological polar surface area (TPSA) is 62.1 Å². The van der Waals surface area contributed by atoms with Gasteiger partial charge in [-0.3, -0.25) is 4.79 Å². The molecule has 0 aliphatic rings. The van der Waals surface area contributed by atoms with Gasteiger partial charge in [0.1, 0.15) is 6.61 Å². The van der Waals surface area contributed by atoms with Crippen LogP contribution in [0.4, 0.5) is 13.2 Å². The van der Waals surface area contributed by atoms with Crippen LogP contribution < -0.4 is 5.32 Å². The maximum absolute atomic E-state index is 12.3. The van der Waals surface area contributed by atoms with Crippen molar-refractivity contribution in [2.45, 2.75) is 6.18 Å². The van der Waals surface area contributed by atoms with Gasteiger partial charge in [-0.25, -0.2) is 0 Å². The van der Waals surface area contributed by atoms with Gasteiger partial charge < -0.3 is 10.1 Å². The van der Waals surface area contributed by atoms with Crippen molar-refractivity contribution in [3.63, 3.8) is 0 Å². The van der Waals surface area contributed by atoms with Crippen LogP contribution in [0.25, 0.3) is 11.1 Å². The first-order valence-electron chi connectivity index (χ1n) is 7.43. The lowest BCUT2D eigenvalue weighted by atomic mass is 9.95. The van der Waals surface area contributed by atoms with E-state index in [0.29, 0.717) is 22.3 Å². The third-order valence-corrected chi connectivity index (χ3v) is 3.31. The number of amides is 1. The Morgan fingerprint density at radius 2 is 1.72 bits per heavy atom. The number of benzene rings is 2.